The van der Waals surface area contributed by atoms with Crippen molar-refractivity contribution in [3.8, 4) is 0 Å². The van der Waals surface area contributed by atoms with Crippen LogP contribution < -0.4 is 5.32 Å². The largest absolute Gasteiger partial charge is 0.471 e. The minimum atomic E-state index is -5.23. The number of amides is 1. The number of aliphatic hydroxyl groups is 3. The van der Waals surface area contributed by atoms with Crippen LogP contribution in [0.3, 0.4) is 0 Å². The first-order valence-corrected chi connectivity index (χ1v) is 5.19. The molecule has 0 radical (unpaired) electrons. The molecule has 1 heterocycles. The Morgan fingerprint density at radius 2 is 1.85 bits per heavy atom. The normalized spacial score (nSPS) is 34.9. The zero-order valence-electron chi connectivity index (χ0n) is 9.65. The molecule has 9 nitrogen and oxygen atoms in total. The number of aliphatic hydroxyl groups excluding tert-OH is 3. The number of carbonyl (C=O) groups is 1. The van der Waals surface area contributed by atoms with Crippen molar-refractivity contribution < 1.29 is 53.2 Å². The van der Waals surface area contributed by atoms with Gasteiger partial charge in [-0.3, -0.25) is 4.79 Å². The van der Waals surface area contributed by atoms with E-state index in [1.165, 1.54) is 5.32 Å². The molecule has 12 heteroatoms. The number of carbonyl (C=O) groups excluding carboxylic acids is 1. The predicted octanol–water partition coefficient (Wildman–Crippen LogP) is -2.11. The van der Waals surface area contributed by atoms with Crippen LogP contribution >= 0.6 is 0 Å². The second kappa shape index (κ2) is 6.62. The van der Waals surface area contributed by atoms with Gasteiger partial charge in [0.1, 0.15) is 31.0 Å². The van der Waals surface area contributed by atoms with E-state index >= 15 is 0 Å². The number of halogens is 3. The van der Waals surface area contributed by atoms with Crippen molar-refractivity contribution in [3.05, 3.63) is 0 Å². The molecular weight excluding hydrogens is 295 g/mol. The van der Waals surface area contributed by atoms with E-state index in [0.29, 0.717) is 0 Å². The van der Waals surface area contributed by atoms with Crippen molar-refractivity contribution >= 4 is 5.91 Å². The lowest BCUT2D eigenvalue weighted by molar-refractivity contribution is -0.498. The summed E-state index contributed by atoms with van der Waals surface area (Å²) >= 11 is 0. The van der Waals surface area contributed by atoms with E-state index < -0.39 is 49.3 Å². The fraction of sp³-hybridized carbons (Fsp3) is 0.875. The van der Waals surface area contributed by atoms with E-state index in [4.69, 9.17) is 5.26 Å². The molecule has 0 bridgehead atoms. The van der Waals surface area contributed by atoms with Gasteiger partial charge in [0.2, 0.25) is 0 Å². The number of alkyl halides is 3. The van der Waals surface area contributed by atoms with E-state index in [1.54, 1.807) is 0 Å². The van der Waals surface area contributed by atoms with Crippen LogP contribution in [0.1, 0.15) is 0 Å². The van der Waals surface area contributed by atoms with Gasteiger partial charge < -0.3 is 25.4 Å². The zero-order valence-corrected chi connectivity index (χ0v) is 9.65. The SMILES string of the molecule is O=C(NC1[C@H](O)OC(COOO)[C@@H](O)[C@@H]1O)C(F)(F)F. The molecule has 0 saturated carbocycles. The number of ether oxygens (including phenoxy) is 1. The fourth-order valence-corrected chi connectivity index (χ4v) is 1.57. The lowest BCUT2D eigenvalue weighted by Crippen LogP contribution is -2.65. The molecular formula is C8H12F3NO8. The highest BCUT2D eigenvalue weighted by Gasteiger charge is 2.48. The second-order valence-electron chi connectivity index (χ2n) is 3.90. The van der Waals surface area contributed by atoms with Crippen LogP contribution in [-0.2, 0) is 19.5 Å². The van der Waals surface area contributed by atoms with Crippen LogP contribution in [0.4, 0.5) is 13.2 Å². The van der Waals surface area contributed by atoms with Crippen LogP contribution in [0.15, 0.2) is 0 Å². The average molecular weight is 307 g/mol. The van der Waals surface area contributed by atoms with Crippen LogP contribution in [0, 0.1) is 0 Å². The van der Waals surface area contributed by atoms with Gasteiger partial charge in [0.25, 0.3) is 0 Å². The van der Waals surface area contributed by atoms with Crippen LogP contribution in [0.2, 0.25) is 0 Å². The standard InChI is InChI=1S/C8H12F3NO8/c9-8(10,11)7(16)12-3-5(14)4(13)2(1-18-20-17)19-6(3)15/h2-6,13-15,17H,1H2,(H,12,16)/t2?,3?,4-,5-,6-/m1/s1. The van der Waals surface area contributed by atoms with E-state index in [9.17, 15) is 33.3 Å². The Balaban J connectivity index is 2.69. The molecule has 0 spiro atoms. The Labute approximate surface area is 109 Å². The third-order valence-corrected chi connectivity index (χ3v) is 2.56. The molecule has 1 aliphatic rings. The molecule has 0 aromatic heterocycles. The number of hydrogen-bond donors (Lipinski definition) is 5. The van der Waals surface area contributed by atoms with Gasteiger partial charge in [0, 0.05) is 0 Å². The molecule has 2 unspecified atom stereocenters. The molecule has 118 valence electrons. The second-order valence-corrected chi connectivity index (χ2v) is 3.90. The average Bonchev–Trinajstić information content (AvgIpc) is 2.35. The third kappa shape index (κ3) is 3.99. The van der Waals surface area contributed by atoms with Gasteiger partial charge in [-0.25, -0.2) is 10.1 Å². The minimum absolute atomic E-state index is 0.633. The molecule has 20 heavy (non-hydrogen) atoms. The van der Waals surface area contributed by atoms with Crippen LogP contribution in [0.25, 0.3) is 0 Å². The third-order valence-electron chi connectivity index (χ3n) is 2.56. The Morgan fingerprint density at radius 3 is 2.35 bits per heavy atom. The summed E-state index contributed by atoms with van der Waals surface area (Å²) in [6.45, 7) is -0.633. The van der Waals surface area contributed by atoms with Crippen molar-refractivity contribution in [3.63, 3.8) is 0 Å². The summed E-state index contributed by atoms with van der Waals surface area (Å²) in [5.41, 5.74) is 0. The summed E-state index contributed by atoms with van der Waals surface area (Å²) in [6, 6.07) is -1.90. The summed E-state index contributed by atoms with van der Waals surface area (Å²) in [7, 11) is 0. The van der Waals surface area contributed by atoms with Gasteiger partial charge in [-0.15, -0.1) is 0 Å². The summed E-state index contributed by atoms with van der Waals surface area (Å²) in [4.78, 5) is 14.7. The molecule has 1 rings (SSSR count). The quantitative estimate of drug-likeness (QED) is 0.294. The van der Waals surface area contributed by atoms with Crippen molar-refractivity contribution in [1.82, 2.24) is 5.32 Å². The maximum Gasteiger partial charge on any atom is 0.471 e. The highest BCUT2D eigenvalue weighted by Crippen LogP contribution is 2.22. The van der Waals surface area contributed by atoms with Gasteiger partial charge >= 0.3 is 12.1 Å². The molecule has 0 aliphatic carbocycles. The van der Waals surface area contributed by atoms with Crippen LogP contribution in [0.5, 0.6) is 0 Å². The summed E-state index contributed by atoms with van der Waals surface area (Å²) in [6.07, 6.45) is -12.4. The van der Waals surface area contributed by atoms with Gasteiger partial charge in [0.05, 0.1) is 0 Å². The van der Waals surface area contributed by atoms with Crippen molar-refractivity contribution in [2.75, 3.05) is 6.61 Å². The highest BCUT2D eigenvalue weighted by molar-refractivity contribution is 5.82. The molecule has 5 atom stereocenters. The Hall–Kier alpha value is -1.02. The molecule has 1 fully saturated rings. The lowest BCUT2D eigenvalue weighted by atomic mass is 9.97. The first-order valence-electron chi connectivity index (χ1n) is 5.19. The highest BCUT2D eigenvalue weighted by atomic mass is 19.4. The lowest BCUT2D eigenvalue weighted by Gasteiger charge is -2.40. The van der Waals surface area contributed by atoms with Gasteiger partial charge in [0.15, 0.2) is 6.29 Å². The van der Waals surface area contributed by atoms with Gasteiger partial charge in [-0.1, -0.05) is 5.04 Å². The first-order chi connectivity index (χ1) is 9.18. The molecule has 1 amide bonds. The van der Waals surface area contributed by atoms with Crippen molar-refractivity contribution in [2.24, 2.45) is 0 Å². The Bertz CT molecular complexity index is 340. The first kappa shape index (κ1) is 17.0. The van der Waals surface area contributed by atoms with E-state index in [-0.39, 0.29) is 0 Å². The van der Waals surface area contributed by atoms with Gasteiger partial charge in [-0.2, -0.15) is 13.2 Å². The van der Waals surface area contributed by atoms with E-state index in [2.05, 4.69) is 14.7 Å². The monoisotopic (exact) mass is 307 g/mol. The smallest absolute Gasteiger partial charge is 0.388 e. The zero-order chi connectivity index (χ0) is 15.5. The molecule has 0 aromatic rings. The summed E-state index contributed by atoms with van der Waals surface area (Å²) in [5, 5.41) is 40.9. The molecule has 0 aromatic carbocycles. The van der Waals surface area contributed by atoms with Crippen molar-refractivity contribution in [2.45, 2.75) is 36.8 Å². The number of hydrogen-bond acceptors (Lipinski definition) is 8. The van der Waals surface area contributed by atoms with Crippen molar-refractivity contribution in [1.29, 1.82) is 0 Å². The Kier molecular flexibility index (Phi) is 5.64. The number of nitrogens with one attached hydrogen (secondary N) is 1. The maximum atomic E-state index is 12.1. The Morgan fingerprint density at radius 1 is 1.25 bits per heavy atom. The molecule has 5 N–H and O–H groups in total. The van der Waals surface area contributed by atoms with E-state index in [1.807, 2.05) is 0 Å². The van der Waals surface area contributed by atoms with E-state index in [0.717, 1.165) is 0 Å². The fourth-order valence-electron chi connectivity index (χ4n) is 1.57. The topological polar surface area (TPSA) is 138 Å². The minimum Gasteiger partial charge on any atom is -0.388 e. The maximum absolute atomic E-state index is 12.1. The molecule has 1 aliphatic heterocycles. The predicted molar refractivity (Wildman–Crippen MR) is 50.5 cm³/mol. The summed E-state index contributed by atoms with van der Waals surface area (Å²) < 4.78 is 40.8. The van der Waals surface area contributed by atoms with Gasteiger partial charge in [-0.05, 0) is 0 Å². The summed E-state index contributed by atoms with van der Waals surface area (Å²) in [5.74, 6) is -2.41. The molecule has 1 saturated heterocycles. The van der Waals surface area contributed by atoms with Crippen LogP contribution in [-0.4, -0.2) is 69.9 Å². The number of rotatable bonds is 4.